The Balaban J connectivity index is 1.79. The summed E-state index contributed by atoms with van der Waals surface area (Å²) in [4.78, 5) is 42.5. The predicted octanol–water partition coefficient (Wildman–Crippen LogP) is 3.06. The summed E-state index contributed by atoms with van der Waals surface area (Å²) >= 11 is 1.61. The van der Waals surface area contributed by atoms with Gasteiger partial charge in [-0.15, -0.1) is 11.8 Å². The Bertz CT molecular complexity index is 959. The van der Waals surface area contributed by atoms with Crippen molar-refractivity contribution in [2.45, 2.75) is 75.5 Å². The number of thioether (sulfide) groups is 1. The standard InChI is InChI=1S/C25H34N2O5S/c1-6-16(13-28)27-20(21(29)26-19-14(3)9-8-10-15(19)4)25-12-11-24(5,33-25)18(17(25)22(27)30)23(31)32-7-2/h8-10,16-18,20,28H,6-7,11-13H2,1-5H3,(H,26,29)/t16-,17-,18-,20?,24+,25?/m0/s1. The smallest absolute Gasteiger partial charge is 0.311 e. The molecule has 2 N–H and O–H groups in total. The maximum atomic E-state index is 13.9. The minimum Gasteiger partial charge on any atom is -0.466 e. The SMILES string of the molecule is CCOC(=O)[C@@H]1[C@H]2C(=O)N([C@@H](CC)CO)C(C(=O)Nc3c(C)cccc3C)C23CC[C@@]1(C)S3. The van der Waals surface area contributed by atoms with E-state index in [1.165, 1.54) is 0 Å². The number of esters is 1. The molecule has 1 aromatic carbocycles. The van der Waals surface area contributed by atoms with E-state index in [1.54, 1.807) is 23.6 Å². The number of nitrogens with zero attached hydrogens (tertiary/aromatic N) is 1. The molecule has 0 aromatic heterocycles. The number of aliphatic hydroxyl groups is 1. The number of carbonyl (C=O) groups is 3. The second-order valence-electron chi connectivity index (χ2n) is 9.73. The lowest BCUT2D eigenvalue weighted by atomic mass is 9.66. The molecule has 3 fully saturated rings. The number of aryl methyl sites for hydroxylation is 2. The van der Waals surface area contributed by atoms with Crippen LogP contribution in [-0.4, -0.2) is 62.6 Å². The van der Waals surface area contributed by atoms with Gasteiger partial charge in [-0.1, -0.05) is 25.1 Å². The maximum absolute atomic E-state index is 13.9. The van der Waals surface area contributed by atoms with E-state index in [2.05, 4.69) is 5.32 Å². The number of rotatable bonds is 7. The van der Waals surface area contributed by atoms with Gasteiger partial charge < -0.3 is 20.1 Å². The van der Waals surface area contributed by atoms with E-state index in [1.807, 2.05) is 45.9 Å². The number of amides is 2. The Hall–Kier alpha value is -2.06. The highest BCUT2D eigenvalue weighted by molar-refractivity contribution is 8.02. The molecule has 3 aliphatic rings. The number of hydrogen-bond donors (Lipinski definition) is 2. The van der Waals surface area contributed by atoms with E-state index >= 15 is 0 Å². The summed E-state index contributed by atoms with van der Waals surface area (Å²) in [7, 11) is 0. The molecular weight excluding hydrogens is 440 g/mol. The second-order valence-corrected chi connectivity index (χ2v) is 11.6. The van der Waals surface area contributed by atoms with Crippen molar-refractivity contribution in [2.24, 2.45) is 11.8 Å². The molecule has 0 radical (unpaired) electrons. The first kappa shape index (κ1) is 24.1. The van der Waals surface area contributed by atoms with Crippen LogP contribution in [0.1, 0.15) is 51.2 Å². The lowest BCUT2D eigenvalue weighted by Gasteiger charge is -2.37. The number of para-hydroxylation sites is 1. The highest BCUT2D eigenvalue weighted by atomic mass is 32.2. The van der Waals surface area contributed by atoms with Crippen molar-refractivity contribution in [3.05, 3.63) is 29.3 Å². The van der Waals surface area contributed by atoms with E-state index in [9.17, 15) is 19.5 Å². The quantitative estimate of drug-likeness (QED) is 0.590. The molecule has 3 saturated heterocycles. The zero-order valence-corrected chi connectivity index (χ0v) is 20.8. The molecule has 2 unspecified atom stereocenters. The number of benzene rings is 1. The number of fused-ring (bicyclic) bond motifs is 1. The Kier molecular flexibility index (Phi) is 6.29. The molecule has 4 rings (SSSR count). The van der Waals surface area contributed by atoms with Gasteiger partial charge in [0.05, 0.1) is 35.8 Å². The van der Waals surface area contributed by atoms with Crippen LogP contribution in [0.2, 0.25) is 0 Å². The normalized spacial score (nSPS) is 33.2. The summed E-state index contributed by atoms with van der Waals surface area (Å²) in [5, 5.41) is 13.2. The van der Waals surface area contributed by atoms with Gasteiger partial charge in [0.2, 0.25) is 11.8 Å². The number of anilines is 1. The van der Waals surface area contributed by atoms with Gasteiger partial charge in [0.25, 0.3) is 0 Å². The van der Waals surface area contributed by atoms with Gasteiger partial charge in [-0.2, -0.15) is 0 Å². The number of nitrogens with one attached hydrogen (secondary N) is 1. The minimum absolute atomic E-state index is 0.216. The van der Waals surface area contributed by atoms with Crippen molar-refractivity contribution in [2.75, 3.05) is 18.5 Å². The van der Waals surface area contributed by atoms with Crippen LogP contribution in [0.15, 0.2) is 18.2 Å². The zero-order valence-electron chi connectivity index (χ0n) is 20.0. The van der Waals surface area contributed by atoms with Crippen LogP contribution in [-0.2, 0) is 19.1 Å². The van der Waals surface area contributed by atoms with Gasteiger partial charge in [-0.25, -0.2) is 0 Å². The zero-order chi connectivity index (χ0) is 24.1. The van der Waals surface area contributed by atoms with Crippen molar-refractivity contribution in [3.8, 4) is 0 Å². The molecule has 0 saturated carbocycles. The summed E-state index contributed by atoms with van der Waals surface area (Å²) in [6, 6.07) is 4.58. The largest absolute Gasteiger partial charge is 0.466 e. The molecule has 2 amide bonds. The van der Waals surface area contributed by atoms with Crippen molar-refractivity contribution in [1.29, 1.82) is 0 Å². The Morgan fingerprint density at radius 2 is 1.94 bits per heavy atom. The number of carbonyl (C=O) groups excluding carboxylic acids is 3. The highest BCUT2D eigenvalue weighted by Gasteiger charge is 2.77. The summed E-state index contributed by atoms with van der Waals surface area (Å²) in [6.07, 6.45) is 1.93. The molecule has 3 heterocycles. The van der Waals surface area contributed by atoms with Crippen LogP contribution in [0.25, 0.3) is 0 Å². The van der Waals surface area contributed by atoms with Gasteiger partial charge in [-0.3, -0.25) is 14.4 Å². The third kappa shape index (κ3) is 3.48. The fourth-order valence-corrected chi connectivity index (χ4v) is 8.60. The summed E-state index contributed by atoms with van der Waals surface area (Å²) < 4.78 is 4.23. The monoisotopic (exact) mass is 474 g/mol. The average molecular weight is 475 g/mol. The van der Waals surface area contributed by atoms with E-state index in [0.29, 0.717) is 12.8 Å². The highest BCUT2D eigenvalue weighted by Crippen LogP contribution is 2.71. The number of hydrogen-bond acceptors (Lipinski definition) is 6. The topological polar surface area (TPSA) is 95.9 Å². The fourth-order valence-electron chi connectivity index (χ4n) is 6.26. The molecule has 1 aromatic rings. The first-order valence-electron chi connectivity index (χ1n) is 11.8. The summed E-state index contributed by atoms with van der Waals surface area (Å²) in [5.41, 5.74) is 2.64. The average Bonchev–Trinajstić information content (AvgIpc) is 3.33. The van der Waals surface area contributed by atoms with Crippen LogP contribution >= 0.6 is 11.8 Å². The molecule has 2 bridgehead atoms. The first-order chi connectivity index (χ1) is 15.6. The lowest BCUT2D eigenvalue weighted by Crippen LogP contribution is -2.54. The lowest BCUT2D eigenvalue weighted by molar-refractivity contribution is -0.155. The Morgan fingerprint density at radius 1 is 1.27 bits per heavy atom. The molecule has 3 aliphatic heterocycles. The van der Waals surface area contributed by atoms with Crippen LogP contribution in [0.4, 0.5) is 5.69 Å². The fraction of sp³-hybridized carbons (Fsp3) is 0.640. The van der Waals surface area contributed by atoms with Crippen LogP contribution in [0.5, 0.6) is 0 Å². The van der Waals surface area contributed by atoms with Crippen molar-refractivity contribution < 1.29 is 24.2 Å². The molecule has 7 nitrogen and oxygen atoms in total. The number of ether oxygens (including phenoxy) is 1. The Morgan fingerprint density at radius 3 is 2.52 bits per heavy atom. The van der Waals surface area contributed by atoms with E-state index in [0.717, 1.165) is 23.2 Å². The van der Waals surface area contributed by atoms with E-state index in [4.69, 9.17) is 4.74 Å². The molecule has 6 atom stereocenters. The van der Waals surface area contributed by atoms with Gasteiger partial charge in [0.1, 0.15) is 6.04 Å². The molecule has 33 heavy (non-hydrogen) atoms. The molecular formula is C25H34N2O5S. The minimum atomic E-state index is -0.766. The summed E-state index contributed by atoms with van der Waals surface area (Å²) in [5.74, 6) is -2.06. The van der Waals surface area contributed by atoms with Gasteiger partial charge >= 0.3 is 5.97 Å². The molecule has 1 spiro atoms. The predicted molar refractivity (Wildman–Crippen MR) is 128 cm³/mol. The summed E-state index contributed by atoms with van der Waals surface area (Å²) in [6.45, 7) is 9.58. The third-order valence-corrected chi connectivity index (χ3v) is 9.79. The van der Waals surface area contributed by atoms with Crippen LogP contribution in [0, 0.1) is 25.7 Å². The molecule has 180 valence electrons. The molecule has 8 heteroatoms. The van der Waals surface area contributed by atoms with Crippen LogP contribution < -0.4 is 5.32 Å². The second kappa shape index (κ2) is 8.62. The number of likely N-dealkylation sites (tertiary alicyclic amines) is 1. The first-order valence-corrected chi connectivity index (χ1v) is 12.6. The molecule has 0 aliphatic carbocycles. The van der Waals surface area contributed by atoms with Gasteiger partial charge in [0, 0.05) is 10.4 Å². The van der Waals surface area contributed by atoms with Crippen molar-refractivity contribution in [1.82, 2.24) is 4.90 Å². The van der Waals surface area contributed by atoms with Crippen molar-refractivity contribution >= 4 is 35.2 Å². The van der Waals surface area contributed by atoms with Crippen molar-refractivity contribution in [3.63, 3.8) is 0 Å². The maximum Gasteiger partial charge on any atom is 0.311 e. The van der Waals surface area contributed by atoms with E-state index in [-0.39, 0.29) is 31.0 Å². The number of aliphatic hydroxyl groups excluding tert-OH is 1. The van der Waals surface area contributed by atoms with E-state index < -0.39 is 33.4 Å². The van der Waals surface area contributed by atoms with Gasteiger partial charge in [0.15, 0.2) is 0 Å². The van der Waals surface area contributed by atoms with Crippen LogP contribution in [0.3, 0.4) is 0 Å². The third-order valence-electron chi connectivity index (χ3n) is 7.81. The van der Waals surface area contributed by atoms with Gasteiger partial charge in [-0.05, 0) is 58.1 Å². The Labute approximate surface area is 199 Å².